The fourth-order valence-corrected chi connectivity index (χ4v) is 3.96. The first kappa shape index (κ1) is 14.3. The van der Waals surface area contributed by atoms with Crippen molar-refractivity contribution in [2.45, 2.75) is 63.9 Å². The topological polar surface area (TPSA) is 55.5 Å². The molecular formula is C15H29NO2. The van der Waals surface area contributed by atoms with Crippen molar-refractivity contribution in [1.82, 2.24) is 0 Å². The SMILES string of the molecule is CCC1CCCC(O)(C2(CN)CCOCC2)CC1. The third-order valence-corrected chi connectivity index (χ3v) is 5.57. The second kappa shape index (κ2) is 5.89. The first-order valence-corrected chi connectivity index (χ1v) is 7.66. The Morgan fingerprint density at radius 3 is 2.50 bits per heavy atom. The largest absolute Gasteiger partial charge is 0.389 e. The highest BCUT2D eigenvalue weighted by atomic mass is 16.5. The molecule has 2 fully saturated rings. The van der Waals surface area contributed by atoms with Gasteiger partial charge in [0.1, 0.15) is 0 Å². The van der Waals surface area contributed by atoms with Crippen molar-refractivity contribution >= 4 is 0 Å². The molecule has 0 aromatic heterocycles. The first-order valence-electron chi connectivity index (χ1n) is 7.66. The summed E-state index contributed by atoms with van der Waals surface area (Å²) < 4.78 is 5.47. The standard InChI is InChI=1S/C15H29NO2/c1-2-13-4-3-6-15(17,7-5-13)14(12-16)8-10-18-11-9-14/h13,17H,2-12,16H2,1H3. The summed E-state index contributed by atoms with van der Waals surface area (Å²) >= 11 is 0. The van der Waals surface area contributed by atoms with Gasteiger partial charge in [-0.05, 0) is 38.0 Å². The Kier molecular flexibility index (Phi) is 4.68. The van der Waals surface area contributed by atoms with E-state index in [9.17, 15) is 5.11 Å². The predicted molar refractivity (Wildman–Crippen MR) is 73.4 cm³/mol. The molecule has 2 aliphatic rings. The van der Waals surface area contributed by atoms with Crippen LogP contribution in [0.1, 0.15) is 58.3 Å². The van der Waals surface area contributed by atoms with Crippen LogP contribution in [0.3, 0.4) is 0 Å². The minimum Gasteiger partial charge on any atom is -0.389 e. The first-order chi connectivity index (χ1) is 8.66. The number of hydrogen-bond donors (Lipinski definition) is 2. The summed E-state index contributed by atoms with van der Waals surface area (Å²) in [5.74, 6) is 0.800. The molecule has 2 rings (SSSR count). The number of aliphatic hydroxyl groups is 1. The van der Waals surface area contributed by atoms with Crippen LogP contribution in [0, 0.1) is 11.3 Å². The average molecular weight is 255 g/mol. The summed E-state index contributed by atoms with van der Waals surface area (Å²) in [6.07, 6.45) is 8.55. The van der Waals surface area contributed by atoms with Gasteiger partial charge >= 0.3 is 0 Å². The van der Waals surface area contributed by atoms with Crippen LogP contribution in [0.25, 0.3) is 0 Å². The zero-order chi connectivity index (χ0) is 13.1. The number of hydrogen-bond acceptors (Lipinski definition) is 3. The van der Waals surface area contributed by atoms with Crippen LogP contribution < -0.4 is 5.73 Å². The van der Waals surface area contributed by atoms with Gasteiger partial charge < -0.3 is 15.6 Å². The fraction of sp³-hybridized carbons (Fsp3) is 1.00. The zero-order valence-electron chi connectivity index (χ0n) is 11.8. The second-order valence-corrected chi connectivity index (χ2v) is 6.33. The molecule has 1 aliphatic heterocycles. The summed E-state index contributed by atoms with van der Waals surface area (Å²) in [7, 11) is 0. The van der Waals surface area contributed by atoms with Gasteiger partial charge in [0.15, 0.2) is 0 Å². The Morgan fingerprint density at radius 1 is 1.17 bits per heavy atom. The van der Waals surface area contributed by atoms with Gasteiger partial charge in [0.25, 0.3) is 0 Å². The summed E-state index contributed by atoms with van der Waals surface area (Å²) in [5.41, 5.74) is 5.42. The van der Waals surface area contributed by atoms with Crippen LogP contribution in [0.4, 0.5) is 0 Å². The molecule has 2 unspecified atom stereocenters. The van der Waals surface area contributed by atoms with E-state index in [0.29, 0.717) is 6.54 Å². The molecule has 3 N–H and O–H groups in total. The highest BCUT2D eigenvalue weighted by Crippen LogP contribution is 2.48. The Balaban J connectivity index is 2.12. The Hall–Kier alpha value is -0.120. The number of rotatable bonds is 3. The lowest BCUT2D eigenvalue weighted by atomic mass is 9.63. The lowest BCUT2D eigenvalue weighted by molar-refractivity contribution is -0.136. The van der Waals surface area contributed by atoms with Crippen LogP contribution in [0.2, 0.25) is 0 Å². The molecule has 0 spiro atoms. The molecular weight excluding hydrogens is 226 g/mol. The van der Waals surface area contributed by atoms with E-state index in [4.69, 9.17) is 10.5 Å². The second-order valence-electron chi connectivity index (χ2n) is 6.33. The minimum absolute atomic E-state index is 0.0894. The van der Waals surface area contributed by atoms with Crippen LogP contribution in [-0.4, -0.2) is 30.5 Å². The lowest BCUT2D eigenvalue weighted by Gasteiger charge is -2.49. The van der Waals surface area contributed by atoms with Crippen LogP contribution in [0.15, 0.2) is 0 Å². The van der Waals surface area contributed by atoms with Gasteiger partial charge in [-0.15, -0.1) is 0 Å². The molecule has 1 saturated heterocycles. The Bertz CT molecular complexity index is 263. The van der Waals surface area contributed by atoms with Gasteiger partial charge in [0.05, 0.1) is 5.60 Å². The predicted octanol–water partition coefficient (Wildman–Crippen LogP) is 2.46. The van der Waals surface area contributed by atoms with E-state index >= 15 is 0 Å². The zero-order valence-corrected chi connectivity index (χ0v) is 11.8. The molecule has 0 aromatic rings. The molecule has 0 bridgehead atoms. The molecule has 0 radical (unpaired) electrons. The van der Waals surface area contributed by atoms with E-state index in [2.05, 4.69) is 6.92 Å². The third-order valence-electron chi connectivity index (χ3n) is 5.57. The molecule has 0 amide bonds. The van der Waals surface area contributed by atoms with Gasteiger partial charge in [-0.3, -0.25) is 0 Å². The van der Waals surface area contributed by atoms with Crippen molar-refractivity contribution in [2.24, 2.45) is 17.1 Å². The molecule has 1 saturated carbocycles. The molecule has 106 valence electrons. The van der Waals surface area contributed by atoms with Crippen LogP contribution in [0.5, 0.6) is 0 Å². The maximum atomic E-state index is 11.2. The number of nitrogens with two attached hydrogens (primary N) is 1. The van der Waals surface area contributed by atoms with Gasteiger partial charge in [0.2, 0.25) is 0 Å². The lowest BCUT2D eigenvalue weighted by Crippen LogP contribution is -2.55. The van der Waals surface area contributed by atoms with Crippen molar-refractivity contribution in [1.29, 1.82) is 0 Å². The maximum absolute atomic E-state index is 11.2. The Morgan fingerprint density at radius 2 is 1.89 bits per heavy atom. The molecule has 2 atom stereocenters. The molecule has 18 heavy (non-hydrogen) atoms. The van der Waals surface area contributed by atoms with Gasteiger partial charge in [0, 0.05) is 25.2 Å². The van der Waals surface area contributed by atoms with Gasteiger partial charge in [-0.2, -0.15) is 0 Å². The van der Waals surface area contributed by atoms with Crippen molar-refractivity contribution in [3.05, 3.63) is 0 Å². The van der Waals surface area contributed by atoms with E-state index in [0.717, 1.165) is 57.7 Å². The molecule has 0 aromatic carbocycles. The van der Waals surface area contributed by atoms with Crippen LogP contribution in [-0.2, 0) is 4.74 Å². The van der Waals surface area contributed by atoms with Crippen LogP contribution >= 0.6 is 0 Å². The molecule has 1 heterocycles. The Labute approximate surface area is 111 Å². The summed E-state index contributed by atoms with van der Waals surface area (Å²) in [4.78, 5) is 0. The van der Waals surface area contributed by atoms with Gasteiger partial charge in [-0.25, -0.2) is 0 Å². The summed E-state index contributed by atoms with van der Waals surface area (Å²) in [6, 6.07) is 0. The van der Waals surface area contributed by atoms with E-state index in [1.807, 2.05) is 0 Å². The van der Waals surface area contributed by atoms with E-state index < -0.39 is 5.60 Å². The van der Waals surface area contributed by atoms with Gasteiger partial charge in [-0.1, -0.05) is 26.2 Å². The van der Waals surface area contributed by atoms with E-state index in [1.165, 1.54) is 12.8 Å². The fourth-order valence-electron chi connectivity index (χ4n) is 3.96. The number of ether oxygens (including phenoxy) is 1. The van der Waals surface area contributed by atoms with Crippen molar-refractivity contribution < 1.29 is 9.84 Å². The van der Waals surface area contributed by atoms with E-state index in [1.54, 1.807) is 0 Å². The molecule has 3 nitrogen and oxygen atoms in total. The minimum atomic E-state index is -0.546. The molecule has 3 heteroatoms. The summed E-state index contributed by atoms with van der Waals surface area (Å²) in [6.45, 7) is 4.39. The van der Waals surface area contributed by atoms with E-state index in [-0.39, 0.29) is 5.41 Å². The van der Waals surface area contributed by atoms with Crippen molar-refractivity contribution in [3.63, 3.8) is 0 Å². The monoisotopic (exact) mass is 255 g/mol. The van der Waals surface area contributed by atoms with Crippen molar-refractivity contribution in [3.8, 4) is 0 Å². The average Bonchev–Trinajstić information content (AvgIpc) is 2.62. The molecule has 1 aliphatic carbocycles. The normalized spacial score (nSPS) is 37.2. The highest BCUT2D eigenvalue weighted by molar-refractivity contribution is 5.01. The highest BCUT2D eigenvalue weighted by Gasteiger charge is 2.50. The maximum Gasteiger partial charge on any atom is 0.0717 e. The third kappa shape index (κ3) is 2.59. The smallest absolute Gasteiger partial charge is 0.0717 e. The van der Waals surface area contributed by atoms with Crippen molar-refractivity contribution in [2.75, 3.05) is 19.8 Å². The summed E-state index contributed by atoms with van der Waals surface area (Å²) in [5, 5.41) is 11.2. The quantitative estimate of drug-likeness (QED) is 0.762.